The number of aliphatic imine (C=N–C) groups is 1. The van der Waals surface area contributed by atoms with Crippen LogP contribution in [-0.2, 0) is 0 Å². The van der Waals surface area contributed by atoms with E-state index < -0.39 is 0 Å². The number of carbonyl (C=O) groups is 1. The van der Waals surface area contributed by atoms with Gasteiger partial charge in [0.25, 0.3) is 5.91 Å². The summed E-state index contributed by atoms with van der Waals surface area (Å²) in [5, 5.41) is 2.82. The van der Waals surface area contributed by atoms with Crippen molar-refractivity contribution in [2.45, 2.75) is 19.9 Å². The zero-order chi connectivity index (χ0) is 18.1. The summed E-state index contributed by atoms with van der Waals surface area (Å²) in [6.45, 7) is 6.02. The fourth-order valence-corrected chi connectivity index (χ4v) is 2.74. The molecule has 1 amide bonds. The molecule has 0 fully saturated rings. The Morgan fingerprint density at radius 3 is 2.20 bits per heavy atom. The number of nitrogens with one attached hydrogen (secondary N) is 1. The Balaban J connectivity index is 2.09. The highest BCUT2D eigenvalue weighted by Gasteiger charge is 2.16. The Kier molecular flexibility index (Phi) is 7.44. The second-order valence-electron chi connectivity index (χ2n) is 5.48. The van der Waals surface area contributed by atoms with E-state index in [1.165, 1.54) is 0 Å². The van der Waals surface area contributed by atoms with E-state index in [0.717, 1.165) is 18.7 Å². The van der Waals surface area contributed by atoms with Crippen molar-refractivity contribution in [1.82, 2.24) is 10.2 Å². The maximum Gasteiger partial charge on any atom is 0.257 e. The molecular weight excluding hydrogens is 330 g/mol. The molecule has 0 aliphatic carbocycles. The van der Waals surface area contributed by atoms with Gasteiger partial charge in [-0.25, -0.2) is 4.99 Å². The Morgan fingerprint density at radius 2 is 1.64 bits per heavy atom. The number of carbonyl (C=O) groups excluding carboxylic acids is 1. The number of benzene rings is 2. The second kappa shape index (κ2) is 9.81. The molecule has 1 N–H and O–H groups in total. The minimum Gasteiger partial charge on any atom is -0.297 e. The zero-order valence-electron chi connectivity index (χ0n) is 14.6. The Hall–Kier alpha value is -2.37. The van der Waals surface area contributed by atoms with E-state index in [-0.39, 0.29) is 17.1 Å². The molecule has 4 nitrogen and oxygen atoms in total. The molecule has 2 rings (SSSR count). The van der Waals surface area contributed by atoms with Crippen molar-refractivity contribution in [3.63, 3.8) is 0 Å². The minimum atomic E-state index is -0.248. The first-order chi connectivity index (χ1) is 12.2. The van der Waals surface area contributed by atoms with Gasteiger partial charge in [0.2, 0.25) is 0 Å². The van der Waals surface area contributed by atoms with Crippen LogP contribution in [0, 0.1) is 0 Å². The highest BCUT2D eigenvalue weighted by molar-refractivity contribution is 7.80. The molecule has 0 bridgehead atoms. The maximum atomic E-state index is 12.1. The van der Waals surface area contributed by atoms with Crippen LogP contribution in [0.2, 0.25) is 0 Å². The summed E-state index contributed by atoms with van der Waals surface area (Å²) in [7, 11) is 0. The molecule has 1 unspecified atom stereocenters. The number of hydrogen-bond acceptors (Lipinski definition) is 3. The van der Waals surface area contributed by atoms with Crippen LogP contribution in [0.25, 0.3) is 0 Å². The predicted molar refractivity (Wildman–Crippen MR) is 107 cm³/mol. The first kappa shape index (κ1) is 19.0. The highest BCUT2D eigenvalue weighted by atomic mass is 32.1. The SMILES string of the molecule is CCN(CC)C(/C=N/C(=S)NC(=O)c1ccccc1)c1ccccc1. The maximum absolute atomic E-state index is 12.1. The van der Waals surface area contributed by atoms with Gasteiger partial charge >= 0.3 is 0 Å². The van der Waals surface area contributed by atoms with Crippen molar-refractivity contribution in [1.29, 1.82) is 0 Å². The van der Waals surface area contributed by atoms with Crippen LogP contribution < -0.4 is 5.32 Å². The lowest BCUT2D eigenvalue weighted by atomic mass is 10.1. The number of amides is 1. The van der Waals surface area contributed by atoms with Crippen LogP contribution in [0.5, 0.6) is 0 Å². The first-order valence-electron chi connectivity index (χ1n) is 8.39. The standard InChI is InChI=1S/C20H23N3OS/c1-3-23(4-2)18(16-11-7-5-8-12-16)15-21-20(25)22-19(24)17-13-9-6-10-14-17/h5-15,18H,3-4H2,1-2H3,(H,22,24,25)/b21-15+. The third-order valence-corrected chi connectivity index (χ3v) is 4.14. The quantitative estimate of drug-likeness (QED) is 0.634. The number of rotatable bonds is 6. The van der Waals surface area contributed by atoms with Gasteiger partial charge in [-0.2, -0.15) is 0 Å². The zero-order valence-corrected chi connectivity index (χ0v) is 15.4. The summed E-state index contributed by atoms with van der Waals surface area (Å²) in [6, 6.07) is 19.1. The summed E-state index contributed by atoms with van der Waals surface area (Å²) in [4.78, 5) is 18.7. The van der Waals surface area contributed by atoms with Gasteiger partial charge in [-0.1, -0.05) is 62.4 Å². The Morgan fingerprint density at radius 1 is 1.08 bits per heavy atom. The molecule has 5 heteroatoms. The molecule has 0 aromatic heterocycles. The molecule has 0 spiro atoms. The molecule has 0 radical (unpaired) electrons. The monoisotopic (exact) mass is 353 g/mol. The molecule has 2 aromatic rings. The summed E-state index contributed by atoms with van der Waals surface area (Å²) < 4.78 is 0. The molecule has 2 aromatic carbocycles. The normalized spacial score (nSPS) is 12.3. The van der Waals surface area contributed by atoms with Crippen LogP contribution in [0.3, 0.4) is 0 Å². The Bertz CT molecular complexity index is 712. The summed E-state index contributed by atoms with van der Waals surface area (Å²) in [6.07, 6.45) is 1.80. The second-order valence-corrected chi connectivity index (χ2v) is 5.87. The van der Waals surface area contributed by atoms with Crippen LogP contribution in [-0.4, -0.2) is 35.2 Å². The van der Waals surface area contributed by atoms with E-state index >= 15 is 0 Å². The van der Waals surface area contributed by atoms with Gasteiger partial charge < -0.3 is 0 Å². The molecule has 0 saturated heterocycles. The number of nitrogens with zero attached hydrogens (tertiary/aromatic N) is 2. The average molecular weight is 353 g/mol. The molecule has 0 aliphatic heterocycles. The van der Waals surface area contributed by atoms with E-state index in [1.807, 2.05) is 36.4 Å². The highest BCUT2D eigenvalue weighted by Crippen LogP contribution is 2.18. The fourth-order valence-electron chi connectivity index (χ4n) is 2.59. The molecular formula is C20H23N3OS. The van der Waals surface area contributed by atoms with Gasteiger partial charge in [0.05, 0.1) is 6.04 Å². The van der Waals surface area contributed by atoms with Gasteiger partial charge in [0, 0.05) is 11.8 Å². The summed E-state index contributed by atoms with van der Waals surface area (Å²) in [5.74, 6) is -0.248. The van der Waals surface area contributed by atoms with Crippen molar-refractivity contribution in [2.75, 3.05) is 13.1 Å². The van der Waals surface area contributed by atoms with Crippen LogP contribution >= 0.6 is 12.2 Å². The van der Waals surface area contributed by atoms with Crippen molar-refractivity contribution in [2.24, 2.45) is 4.99 Å². The van der Waals surface area contributed by atoms with Gasteiger partial charge in [0.1, 0.15) is 0 Å². The van der Waals surface area contributed by atoms with Crippen LogP contribution in [0.15, 0.2) is 65.7 Å². The van der Waals surface area contributed by atoms with Crippen molar-refractivity contribution < 1.29 is 4.79 Å². The molecule has 1 atom stereocenters. The Labute approximate surface area is 154 Å². The molecule has 0 aliphatic rings. The van der Waals surface area contributed by atoms with E-state index in [9.17, 15) is 4.79 Å². The fraction of sp³-hybridized carbons (Fsp3) is 0.250. The third-order valence-electron chi connectivity index (χ3n) is 3.94. The summed E-state index contributed by atoms with van der Waals surface area (Å²) in [5.41, 5.74) is 1.70. The minimum absolute atomic E-state index is 0.0165. The topological polar surface area (TPSA) is 44.7 Å². The lowest BCUT2D eigenvalue weighted by molar-refractivity contribution is 0.0977. The van der Waals surface area contributed by atoms with E-state index in [2.05, 4.69) is 41.2 Å². The average Bonchev–Trinajstić information content (AvgIpc) is 2.66. The summed E-state index contributed by atoms with van der Waals surface area (Å²) >= 11 is 5.21. The molecule has 130 valence electrons. The first-order valence-corrected chi connectivity index (χ1v) is 8.80. The van der Waals surface area contributed by atoms with Crippen molar-refractivity contribution in [3.05, 3.63) is 71.8 Å². The van der Waals surface area contributed by atoms with E-state index in [4.69, 9.17) is 12.2 Å². The number of thiocarbonyl (C=S) groups is 1. The molecule has 25 heavy (non-hydrogen) atoms. The van der Waals surface area contributed by atoms with Crippen molar-refractivity contribution >= 4 is 29.5 Å². The lowest BCUT2D eigenvalue weighted by Crippen LogP contribution is -2.31. The van der Waals surface area contributed by atoms with Gasteiger partial charge in [-0.05, 0) is 43.0 Å². The van der Waals surface area contributed by atoms with Gasteiger partial charge in [-0.15, -0.1) is 0 Å². The largest absolute Gasteiger partial charge is 0.297 e. The van der Waals surface area contributed by atoms with Crippen LogP contribution in [0.4, 0.5) is 0 Å². The molecule has 0 saturated carbocycles. The third kappa shape index (κ3) is 5.59. The van der Waals surface area contributed by atoms with E-state index in [0.29, 0.717) is 5.56 Å². The number of hydrogen-bond donors (Lipinski definition) is 1. The van der Waals surface area contributed by atoms with Crippen molar-refractivity contribution in [3.8, 4) is 0 Å². The lowest BCUT2D eigenvalue weighted by Gasteiger charge is -2.26. The predicted octanol–water partition coefficient (Wildman–Crippen LogP) is 3.86. The van der Waals surface area contributed by atoms with Gasteiger partial charge in [-0.3, -0.25) is 15.0 Å². The van der Waals surface area contributed by atoms with Gasteiger partial charge in [0.15, 0.2) is 5.11 Å². The smallest absolute Gasteiger partial charge is 0.257 e. The molecule has 0 heterocycles. The van der Waals surface area contributed by atoms with E-state index in [1.54, 1.807) is 18.3 Å². The van der Waals surface area contributed by atoms with Crippen LogP contribution in [0.1, 0.15) is 35.8 Å².